The first-order valence-corrected chi connectivity index (χ1v) is 11.7. The zero-order valence-corrected chi connectivity index (χ0v) is 19.2. The van der Waals surface area contributed by atoms with E-state index in [4.69, 9.17) is 4.74 Å². The van der Waals surface area contributed by atoms with E-state index in [1.165, 1.54) is 34.8 Å². The molecule has 3 aromatic rings. The first-order chi connectivity index (χ1) is 15.2. The Morgan fingerprint density at radius 1 is 1.22 bits per heavy atom. The molecule has 1 aliphatic heterocycles. The Morgan fingerprint density at radius 2 is 1.91 bits per heavy atom. The van der Waals surface area contributed by atoms with Gasteiger partial charge < -0.3 is 15.0 Å². The number of hydrogen-bond donors (Lipinski definition) is 1. The molecule has 1 atom stereocenters. The summed E-state index contributed by atoms with van der Waals surface area (Å²) in [5.41, 5.74) is 0.0407. The number of alkyl halides is 3. The highest BCUT2D eigenvalue weighted by Crippen LogP contribution is 2.34. The maximum absolute atomic E-state index is 13.0. The Labute approximate surface area is 191 Å². The van der Waals surface area contributed by atoms with Crippen molar-refractivity contribution in [3.05, 3.63) is 46.3 Å². The average molecular weight is 485 g/mol. The Bertz CT molecular complexity index is 1040. The van der Waals surface area contributed by atoms with Gasteiger partial charge in [0.05, 0.1) is 34.4 Å². The molecule has 0 saturated carbocycles. The number of fused-ring (bicyclic) bond motifs is 1. The highest BCUT2D eigenvalue weighted by molar-refractivity contribution is 7.29. The van der Waals surface area contributed by atoms with Gasteiger partial charge in [0.1, 0.15) is 4.83 Å². The van der Waals surface area contributed by atoms with Crippen LogP contribution in [0.4, 0.5) is 18.3 Å². The molecule has 1 aliphatic rings. The van der Waals surface area contributed by atoms with Crippen molar-refractivity contribution in [2.75, 3.05) is 51.8 Å². The molecule has 2 aromatic heterocycles. The molecule has 1 saturated heterocycles. The third kappa shape index (κ3) is 5.06. The number of nitrogens with zero attached hydrogens (tertiary/aromatic N) is 3. The highest BCUT2D eigenvalue weighted by atomic mass is 32.1. The topological polar surface area (TPSA) is 57.7 Å². The Kier molecular flexibility index (Phi) is 6.70. The number of morpholine rings is 1. The fourth-order valence-electron chi connectivity index (χ4n) is 3.54. The predicted octanol–water partition coefficient (Wildman–Crippen LogP) is 4.25. The predicted molar refractivity (Wildman–Crippen MR) is 121 cm³/mol. The molecule has 6 nitrogen and oxygen atoms in total. The van der Waals surface area contributed by atoms with Crippen molar-refractivity contribution in [3.63, 3.8) is 0 Å². The lowest BCUT2D eigenvalue weighted by atomic mass is 10.0. The summed E-state index contributed by atoms with van der Waals surface area (Å²) < 4.78 is 45.2. The van der Waals surface area contributed by atoms with Gasteiger partial charge in [-0.15, -0.1) is 11.3 Å². The quantitative estimate of drug-likeness (QED) is 0.567. The summed E-state index contributed by atoms with van der Waals surface area (Å²) in [4.78, 5) is 22.8. The van der Waals surface area contributed by atoms with Crippen LogP contribution in [0.2, 0.25) is 0 Å². The fraction of sp³-hybridized carbons (Fsp3) is 0.429. The van der Waals surface area contributed by atoms with E-state index in [1.54, 1.807) is 0 Å². The SMILES string of the molecule is CN(C)c1nc2sc(C(=O)NCC(c3ccc(C(F)(F)F)cc3)N3CCOCC3)cc2s1. The monoisotopic (exact) mass is 484 g/mol. The maximum atomic E-state index is 13.0. The van der Waals surface area contributed by atoms with Gasteiger partial charge in [-0.1, -0.05) is 23.5 Å². The normalized spacial score (nSPS) is 16.3. The van der Waals surface area contributed by atoms with Crippen molar-refractivity contribution in [2.24, 2.45) is 0 Å². The third-order valence-electron chi connectivity index (χ3n) is 5.25. The second-order valence-corrected chi connectivity index (χ2v) is 9.70. The van der Waals surface area contributed by atoms with E-state index in [0.717, 1.165) is 32.4 Å². The Balaban J connectivity index is 1.49. The third-order valence-corrected chi connectivity index (χ3v) is 7.58. The molecule has 0 bridgehead atoms. The van der Waals surface area contributed by atoms with Crippen molar-refractivity contribution >= 4 is 43.2 Å². The van der Waals surface area contributed by atoms with Gasteiger partial charge in [0, 0.05) is 33.7 Å². The lowest BCUT2D eigenvalue weighted by molar-refractivity contribution is -0.137. The van der Waals surface area contributed by atoms with Crippen LogP contribution < -0.4 is 10.2 Å². The van der Waals surface area contributed by atoms with Crippen LogP contribution in [-0.4, -0.2) is 62.7 Å². The summed E-state index contributed by atoms with van der Waals surface area (Å²) in [7, 11) is 3.84. The number of carbonyl (C=O) groups is 1. The van der Waals surface area contributed by atoms with Crippen LogP contribution in [0, 0.1) is 0 Å². The molecule has 0 aliphatic carbocycles. The van der Waals surface area contributed by atoms with Gasteiger partial charge in [-0.25, -0.2) is 4.98 Å². The molecular weight excluding hydrogens is 461 g/mol. The fourth-order valence-corrected chi connectivity index (χ4v) is 5.59. The number of benzene rings is 1. The summed E-state index contributed by atoms with van der Waals surface area (Å²) in [6, 6.07) is 6.75. The number of ether oxygens (including phenoxy) is 1. The van der Waals surface area contributed by atoms with E-state index in [0.29, 0.717) is 31.2 Å². The molecule has 172 valence electrons. The van der Waals surface area contributed by atoms with Gasteiger partial charge in [-0.3, -0.25) is 9.69 Å². The molecular formula is C21H23F3N4O2S2. The van der Waals surface area contributed by atoms with E-state index < -0.39 is 11.7 Å². The van der Waals surface area contributed by atoms with Crippen LogP contribution in [0.1, 0.15) is 26.8 Å². The van der Waals surface area contributed by atoms with E-state index in [-0.39, 0.29) is 18.5 Å². The minimum absolute atomic E-state index is 0.211. The van der Waals surface area contributed by atoms with Gasteiger partial charge in [-0.2, -0.15) is 13.2 Å². The van der Waals surface area contributed by atoms with Crippen molar-refractivity contribution in [1.82, 2.24) is 15.2 Å². The molecule has 0 radical (unpaired) electrons. The maximum Gasteiger partial charge on any atom is 0.416 e. The highest BCUT2D eigenvalue weighted by Gasteiger charge is 2.31. The molecule has 4 rings (SSSR count). The van der Waals surface area contributed by atoms with Gasteiger partial charge in [0.25, 0.3) is 5.91 Å². The molecule has 1 unspecified atom stereocenters. The number of anilines is 1. The summed E-state index contributed by atoms with van der Waals surface area (Å²) >= 11 is 2.86. The van der Waals surface area contributed by atoms with Gasteiger partial charge in [0.2, 0.25) is 0 Å². The zero-order chi connectivity index (χ0) is 22.9. The molecule has 1 aromatic carbocycles. The molecule has 3 heterocycles. The second-order valence-electron chi connectivity index (χ2n) is 7.66. The Morgan fingerprint density at radius 3 is 2.50 bits per heavy atom. The van der Waals surface area contributed by atoms with E-state index in [1.807, 2.05) is 25.1 Å². The first-order valence-electron chi connectivity index (χ1n) is 10.1. The van der Waals surface area contributed by atoms with E-state index >= 15 is 0 Å². The van der Waals surface area contributed by atoms with Crippen molar-refractivity contribution in [3.8, 4) is 0 Å². The standard InChI is InChI=1S/C21H23F3N4O2S2/c1-27(2)20-26-19-17(32-20)11-16(31-19)18(29)25-12-15(28-7-9-30-10-8-28)13-3-5-14(6-4-13)21(22,23)24/h3-6,11,15H,7-10,12H2,1-2H3,(H,25,29). The number of hydrogen-bond acceptors (Lipinski definition) is 7. The molecule has 1 amide bonds. The van der Waals surface area contributed by atoms with E-state index in [2.05, 4.69) is 15.2 Å². The molecule has 0 spiro atoms. The molecule has 1 N–H and O–H groups in total. The van der Waals surface area contributed by atoms with Gasteiger partial charge in [-0.05, 0) is 23.8 Å². The van der Waals surface area contributed by atoms with Crippen LogP contribution in [0.3, 0.4) is 0 Å². The number of aromatic nitrogens is 1. The number of carbonyl (C=O) groups excluding carboxylic acids is 1. The van der Waals surface area contributed by atoms with Crippen LogP contribution >= 0.6 is 22.7 Å². The van der Waals surface area contributed by atoms with Crippen LogP contribution in [0.25, 0.3) is 9.53 Å². The Hall–Kier alpha value is -2.21. The van der Waals surface area contributed by atoms with Crippen molar-refractivity contribution in [2.45, 2.75) is 12.2 Å². The van der Waals surface area contributed by atoms with Crippen molar-refractivity contribution in [1.29, 1.82) is 0 Å². The lowest BCUT2D eigenvalue weighted by Gasteiger charge is -2.35. The van der Waals surface area contributed by atoms with Crippen molar-refractivity contribution < 1.29 is 22.7 Å². The largest absolute Gasteiger partial charge is 0.416 e. The number of thiazole rings is 1. The van der Waals surface area contributed by atoms with Crippen LogP contribution in [0.15, 0.2) is 30.3 Å². The number of halogens is 3. The zero-order valence-electron chi connectivity index (χ0n) is 17.6. The molecule has 32 heavy (non-hydrogen) atoms. The number of rotatable bonds is 6. The summed E-state index contributed by atoms with van der Waals surface area (Å²) in [5, 5.41) is 3.84. The summed E-state index contributed by atoms with van der Waals surface area (Å²) in [6.45, 7) is 2.67. The van der Waals surface area contributed by atoms with Crippen LogP contribution in [0.5, 0.6) is 0 Å². The molecule has 11 heteroatoms. The second kappa shape index (κ2) is 9.34. The number of amides is 1. The van der Waals surface area contributed by atoms with Crippen LogP contribution in [-0.2, 0) is 10.9 Å². The lowest BCUT2D eigenvalue weighted by Crippen LogP contribution is -2.43. The smallest absolute Gasteiger partial charge is 0.379 e. The number of nitrogens with one attached hydrogen (secondary N) is 1. The van der Waals surface area contributed by atoms with Gasteiger partial charge in [0.15, 0.2) is 5.13 Å². The first kappa shape index (κ1) is 23.0. The van der Waals surface area contributed by atoms with E-state index in [9.17, 15) is 18.0 Å². The summed E-state index contributed by atoms with van der Waals surface area (Å²) in [6.07, 6.45) is -4.38. The summed E-state index contributed by atoms with van der Waals surface area (Å²) in [5.74, 6) is -0.211. The minimum Gasteiger partial charge on any atom is -0.379 e. The minimum atomic E-state index is -4.38. The van der Waals surface area contributed by atoms with Gasteiger partial charge >= 0.3 is 6.18 Å². The average Bonchev–Trinajstić information content (AvgIpc) is 3.34. The number of thiophene rings is 1. The molecule has 1 fully saturated rings.